The number of fused-ring (bicyclic) bond motifs is 1. The Morgan fingerprint density at radius 1 is 1.35 bits per heavy atom. The zero-order valence-corrected chi connectivity index (χ0v) is 16.3. The predicted molar refractivity (Wildman–Crippen MR) is 101 cm³/mol. The fourth-order valence-electron chi connectivity index (χ4n) is 3.38. The third-order valence-electron chi connectivity index (χ3n) is 4.34. The Labute approximate surface area is 159 Å². The minimum absolute atomic E-state index is 0.0579. The van der Waals surface area contributed by atoms with E-state index in [0.29, 0.717) is 46.3 Å². The van der Waals surface area contributed by atoms with Gasteiger partial charge in [0.1, 0.15) is 10.5 Å². The van der Waals surface area contributed by atoms with Gasteiger partial charge in [0.05, 0.1) is 40.1 Å². The van der Waals surface area contributed by atoms with E-state index in [1.54, 1.807) is 6.20 Å². The molecule has 0 saturated carbocycles. The van der Waals surface area contributed by atoms with Crippen molar-refractivity contribution in [3.8, 4) is 10.6 Å². The maximum absolute atomic E-state index is 9.93. The average Bonchev–Trinajstić information content (AvgIpc) is 3.19. The van der Waals surface area contributed by atoms with Crippen LogP contribution in [0.1, 0.15) is 24.5 Å². The van der Waals surface area contributed by atoms with E-state index in [1.807, 2.05) is 20.8 Å². The minimum atomic E-state index is -0.225. The van der Waals surface area contributed by atoms with Crippen LogP contribution in [0.15, 0.2) is 10.7 Å². The Balaban J connectivity index is 1.86. The van der Waals surface area contributed by atoms with Gasteiger partial charge in [-0.2, -0.15) is 0 Å². The van der Waals surface area contributed by atoms with Crippen LogP contribution in [-0.4, -0.2) is 45.5 Å². The van der Waals surface area contributed by atoms with Crippen LogP contribution in [0.5, 0.6) is 0 Å². The van der Waals surface area contributed by atoms with Crippen molar-refractivity contribution in [2.75, 3.05) is 18.0 Å². The molecule has 1 fully saturated rings. The average molecular weight is 395 g/mol. The summed E-state index contributed by atoms with van der Waals surface area (Å²) in [6.45, 7) is 7.06. The molecule has 0 radical (unpaired) electrons. The first kappa shape index (κ1) is 17.7. The molecule has 0 bridgehead atoms. The number of hydrogen-bond donors (Lipinski definition) is 1. The largest absolute Gasteiger partial charge is 0.390 e. The SMILES string of the molecule is Cc1ncc(-c2noc3c(Cl)c(N4C[C@@H](C)O[C@@H](C)C4)c(CO)nc23)s1. The number of hydrogen-bond acceptors (Lipinski definition) is 8. The summed E-state index contributed by atoms with van der Waals surface area (Å²) in [5.41, 5.74) is 2.76. The Kier molecular flexibility index (Phi) is 4.60. The Morgan fingerprint density at radius 2 is 2.08 bits per heavy atom. The summed E-state index contributed by atoms with van der Waals surface area (Å²) in [6, 6.07) is 0. The highest BCUT2D eigenvalue weighted by Crippen LogP contribution is 2.40. The Morgan fingerprint density at radius 3 is 2.69 bits per heavy atom. The van der Waals surface area contributed by atoms with E-state index in [4.69, 9.17) is 20.9 Å². The molecule has 1 saturated heterocycles. The molecular weight excluding hydrogens is 376 g/mol. The zero-order valence-electron chi connectivity index (χ0n) is 14.7. The molecule has 2 atom stereocenters. The molecule has 26 heavy (non-hydrogen) atoms. The number of rotatable bonds is 3. The van der Waals surface area contributed by atoms with Crippen LogP contribution in [0, 0.1) is 6.92 Å². The van der Waals surface area contributed by atoms with Crippen molar-refractivity contribution in [1.29, 1.82) is 0 Å². The van der Waals surface area contributed by atoms with Crippen molar-refractivity contribution >= 4 is 39.7 Å². The highest BCUT2D eigenvalue weighted by molar-refractivity contribution is 7.15. The van der Waals surface area contributed by atoms with Crippen LogP contribution >= 0.6 is 22.9 Å². The summed E-state index contributed by atoms with van der Waals surface area (Å²) in [7, 11) is 0. The van der Waals surface area contributed by atoms with Gasteiger partial charge in [-0.15, -0.1) is 11.3 Å². The third kappa shape index (κ3) is 2.96. The molecule has 7 nitrogen and oxygen atoms in total. The molecule has 0 aromatic carbocycles. The standard InChI is InChI=1S/C17H19ClN4O3S/c1-8-5-22(6-9(2)24-8)16-11(7-23)20-15-14(12-4-19-10(3)26-12)21-25-17(15)13(16)18/h4,8-9,23H,5-7H2,1-3H3/t8-,9+. The van der Waals surface area contributed by atoms with Gasteiger partial charge in [0.25, 0.3) is 0 Å². The van der Waals surface area contributed by atoms with E-state index in [2.05, 4.69) is 20.0 Å². The number of pyridine rings is 1. The number of aryl methyl sites for hydroxylation is 1. The van der Waals surface area contributed by atoms with Crippen LogP contribution < -0.4 is 4.90 Å². The van der Waals surface area contributed by atoms with E-state index in [1.165, 1.54) is 11.3 Å². The number of aromatic nitrogens is 3. The summed E-state index contributed by atoms with van der Waals surface area (Å²) in [4.78, 5) is 11.8. The van der Waals surface area contributed by atoms with E-state index in [9.17, 15) is 5.11 Å². The summed E-state index contributed by atoms with van der Waals surface area (Å²) in [5, 5.41) is 15.4. The molecule has 4 heterocycles. The third-order valence-corrected chi connectivity index (χ3v) is 5.61. The lowest BCUT2D eigenvalue weighted by atomic mass is 10.1. The number of aliphatic hydroxyl groups is 1. The molecule has 0 amide bonds. The lowest BCUT2D eigenvalue weighted by Crippen LogP contribution is -2.46. The summed E-state index contributed by atoms with van der Waals surface area (Å²) in [6.07, 6.45) is 1.86. The predicted octanol–water partition coefficient (Wildman–Crippen LogP) is 3.41. The molecule has 3 aromatic rings. The molecule has 0 aliphatic carbocycles. The maximum atomic E-state index is 9.93. The lowest BCUT2D eigenvalue weighted by molar-refractivity contribution is -0.00533. The first-order valence-corrected chi connectivity index (χ1v) is 9.59. The van der Waals surface area contributed by atoms with Gasteiger partial charge in [0.15, 0.2) is 5.69 Å². The minimum Gasteiger partial charge on any atom is -0.390 e. The van der Waals surface area contributed by atoms with Gasteiger partial charge in [0, 0.05) is 19.3 Å². The number of anilines is 1. The van der Waals surface area contributed by atoms with Gasteiger partial charge in [-0.3, -0.25) is 0 Å². The van der Waals surface area contributed by atoms with Crippen molar-refractivity contribution in [3.63, 3.8) is 0 Å². The fourth-order valence-corrected chi connectivity index (χ4v) is 4.49. The number of thiazole rings is 1. The van der Waals surface area contributed by atoms with Crippen molar-refractivity contribution in [3.05, 3.63) is 21.9 Å². The maximum Gasteiger partial charge on any atom is 0.206 e. The molecule has 1 aliphatic heterocycles. The Hall–Kier alpha value is -1.74. The van der Waals surface area contributed by atoms with Crippen LogP contribution in [0.25, 0.3) is 21.7 Å². The van der Waals surface area contributed by atoms with Gasteiger partial charge in [-0.25, -0.2) is 9.97 Å². The van der Waals surface area contributed by atoms with Gasteiger partial charge < -0.3 is 19.3 Å². The van der Waals surface area contributed by atoms with Crippen LogP contribution in [0.3, 0.4) is 0 Å². The Bertz CT molecular complexity index is 947. The first-order valence-electron chi connectivity index (χ1n) is 8.39. The van der Waals surface area contributed by atoms with Crippen molar-refractivity contribution in [1.82, 2.24) is 15.1 Å². The van der Waals surface area contributed by atoms with Gasteiger partial charge >= 0.3 is 0 Å². The van der Waals surface area contributed by atoms with Crippen LogP contribution in [0.4, 0.5) is 5.69 Å². The van der Waals surface area contributed by atoms with Crippen molar-refractivity contribution in [2.45, 2.75) is 39.6 Å². The molecular formula is C17H19ClN4O3S. The van der Waals surface area contributed by atoms with Crippen LogP contribution in [0.2, 0.25) is 5.02 Å². The lowest BCUT2D eigenvalue weighted by Gasteiger charge is -2.37. The summed E-state index contributed by atoms with van der Waals surface area (Å²) in [5.74, 6) is 0. The zero-order chi connectivity index (χ0) is 18.4. The number of halogens is 1. The molecule has 1 N–H and O–H groups in total. The molecule has 1 aliphatic rings. The number of nitrogens with zero attached hydrogens (tertiary/aromatic N) is 4. The molecule has 4 rings (SSSR count). The number of aliphatic hydroxyl groups excluding tert-OH is 1. The van der Waals surface area contributed by atoms with E-state index in [0.717, 1.165) is 9.88 Å². The highest BCUT2D eigenvalue weighted by atomic mass is 35.5. The monoisotopic (exact) mass is 394 g/mol. The molecule has 0 spiro atoms. The summed E-state index contributed by atoms with van der Waals surface area (Å²) < 4.78 is 11.3. The second kappa shape index (κ2) is 6.77. The van der Waals surface area contributed by atoms with Crippen molar-refractivity contribution in [2.24, 2.45) is 0 Å². The first-order chi connectivity index (χ1) is 12.5. The van der Waals surface area contributed by atoms with E-state index < -0.39 is 0 Å². The second-order valence-electron chi connectivity index (χ2n) is 6.49. The van der Waals surface area contributed by atoms with Crippen LogP contribution in [-0.2, 0) is 11.3 Å². The van der Waals surface area contributed by atoms with Gasteiger partial charge in [-0.1, -0.05) is 16.8 Å². The van der Waals surface area contributed by atoms with Gasteiger partial charge in [0.2, 0.25) is 5.58 Å². The molecule has 0 unspecified atom stereocenters. The van der Waals surface area contributed by atoms with Gasteiger partial charge in [-0.05, 0) is 20.8 Å². The number of ether oxygens (including phenoxy) is 1. The van der Waals surface area contributed by atoms with Crippen molar-refractivity contribution < 1.29 is 14.4 Å². The smallest absolute Gasteiger partial charge is 0.206 e. The van der Waals surface area contributed by atoms with E-state index in [-0.39, 0.29) is 18.8 Å². The normalized spacial score (nSPS) is 20.9. The topological polar surface area (TPSA) is 84.5 Å². The molecule has 9 heteroatoms. The fraction of sp³-hybridized carbons (Fsp3) is 0.471. The molecule has 138 valence electrons. The summed E-state index contributed by atoms with van der Waals surface area (Å²) >= 11 is 8.19. The number of morpholine rings is 1. The quantitative estimate of drug-likeness (QED) is 0.728. The van der Waals surface area contributed by atoms with E-state index >= 15 is 0 Å². The highest BCUT2D eigenvalue weighted by Gasteiger charge is 2.29. The molecule has 3 aromatic heterocycles. The second-order valence-corrected chi connectivity index (χ2v) is 8.11.